The highest BCUT2D eigenvalue weighted by Gasteiger charge is 2.36. The zero-order valence-corrected chi connectivity index (χ0v) is 19.2. The molecule has 1 aliphatic rings. The molecule has 0 aromatic heterocycles. The molecule has 0 amide bonds. The van der Waals surface area contributed by atoms with Gasteiger partial charge in [0, 0.05) is 25.9 Å². The molecule has 0 spiro atoms. The largest absolute Gasteiger partial charge is 0.465 e. The molecular formula is C22H23F5N2O4S. The third kappa shape index (κ3) is 5.60. The fourth-order valence-corrected chi connectivity index (χ4v) is 5.09. The Balaban J connectivity index is 2.07. The van der Waals surface area contributed by atoms with Crippen LogP contribution in [0.4, 0.5) is 33.3 Å². The Morgan fingerprint density at radius 1 is 1.12 bits per heavy atom. The third-order valence-electron chi connectivity index (χ3n) is 5.56. The molecule has 0 aliphatic carbocycles. The number of nitrogens with zero attached hydrogens (tertiary/aromatic N) is 1. The number of hydrogen-bond acceptors (Lipinski definition) is 5. The monoisotopic (exact) mass is 506 g/mol. The van der Waals surface area contributed by atoms with Crippen LogP contribution >= 0.6 is 0 Å². The molecule has 1 fully saturated rings. The summed E-state index contributed by atoms with van der Waals surface area (Å²) in [6, 6.07) is 6.36. The number of ether oxygens (including phenoxy) is 1. The summed E-state index contributed by atoms with van der Waals surface area (Å²) in [7, 11) is -3.34. The first kappa shape index (κ1) is 25.7. The summed E-state index contributed by atoms with van der Waals surface area (Å²) in [5.74, 6) is -3.68. The van der Waals surface area contributed by atoms with E-state index in [0.717, 1.165) is 25.3 Å². The molecule has 1 aliphatic heterocycles. The summed E-state index contributed by atoms with van der Waals surface area (Å²) in [6.07, 6.45) is -5.52. The Bertz CT molecular complexity index is 1170. The summed E-state index contributed by atoms with van der Waals surface area (Å²) in [6.45, 7) is 1.35. The van der Waals surface area contributed by atoms with Gasteiger partial charge in [0.15, 0.2) is 0 Å². The van der Waals surface area contributed by atoms with E-state index >= 15 is 0 Å². The van der Waals surface area contributed by atoms with E-state index in [1.807, 2.05) is 0 Å². The number of carbonyl (C=O) groups is 1. The van der Waals surface area contributed by atoms with Gasteiger partial charge < -0.3 is 9.64 Å². The first-order valence-corrected chi connectivity index (χ1v) is 11.8. The third-order valence-corrected chi connectivity index (χ3v) is 7.01. The van der Waals surface area contributed by atoms with Gasteiger partial charge in [0.1, 0.15) is 0 Å². The number of benzene rings is 2. The molecule has 0 atom stereocenters. The van der Waals surface area contributed by atoms with Crippen molar-refractivity contribution in [2.24, 2.45) is 0 Å². The molecule has 1 heterocycles. The van der Waals surface area contributed by atoms with E-state index in [9.17, 15) is 35.2 Å². The number of methoxy groups -OCH3 is 1. The van der Waals surface area contributed by atoms with Crippen LogP contribution in [0.2, 0.25) is 0 Å². The molecule has 6 nitrogen and oxygen atoms in total. The lowest BCUT2D eigenvalue weighted by molar-refractivity contribution is -0.137. The summed E-state index contributed by atoms with van der Waals surface area (Å²) in [4.78, 5) is 13.0. The second-order valence-corrected chi connectivity index (χ2v) is 9.50. The van der Waals surface area contributed by atoms with Crippen LogP contribution in [-0.4, -0.2) is 40.5 Å². The van der Waals surface area contributed by atoms with Gasteiger partial charge in [-0.05, 0) is 42.3 Å². The van der Waals surface area contributed by atoms with Crippen molar-refractivity contribution in [2.75, 3.05) is 29.8 Å². The quantitative estimate of drug-likeness (QED) is 0.436. The molecule has 0 radical (unpaired) electrons. The van der Waals surface area contributed by atoms with E-state index in [0.29, 0.717) is 11.6 Å². The van der Waals surface area contributed by atoms with E-state index < -0.39 is 52.2 Å². The van der Waals surface area contributed by atoms with Crippen molar-refractivity contribution in [1.82, 2.24) is 0 Å². The van der Waals surface area contributed by atoms with Crippen LogP contribution in [0.25, 0.3) is 0 Å². The van der Waals surface area contributed by atoms with E-state index in [1.165, 1.54) is 17.0 Å². The molecule has 1 N–H and O–H groups in total. The van der Waals surface area contributed by atoms with Crippen molar-refractivity contribution < 1.29 is 39.9 Å². The Morgan fingerprint density at radius 3 is 2.32 bits per heavy atom. The van der Waals surface area contributed by atoms with Crippen LogP contribution in [0, 0.1) is 0 Å². The molecule has 0 saturated carbocycles. The van der Waals surface area contributed by atoms with E-state index in [1.54, 1.807) is 6.92 Å². The molecule has 0 unspecified atom stereocenters. The lowest BCUT2D eigenvalue weighted by atomic mass is 10.0. The van der Waals surface area contributed by atoms with Crippen molar-refractivity contribution in [3.05, 3.63) is 53.1 Å². The Kier molecular flexibility index (Phi) is 7.11. The van der Waals surface area contributed by atoms with Crippen molar-refractivity contribution in [3.63, 3.8) is 0 Å². The van der Waals surface area contributed by atoms with Crippen LogP contribution < -0.4 is 9.62 Å². The number of hydrogen-bond donors (Lipinski definition) is 1. The van der Waals surface area contributed by atoms with Gasteiger partial charge in [-0.25, -0.2) is 22.0 Å². The van der Waals surface area contributed by atoms with Gasteiger partial charge in [-0.2, -0.15) is 13.2 Å². The number of esters is 1. The maximum absolute atomic E-state index is 13.6. The number of sulfonamides is 1. The second-order valence-electron chi connectivity index (χ2n) is 7.85. The predicted molar refractivity (Wildman–Crippen MR) is 116 cm³/mol. The zero-order valence-electron chi connectivity index (χ0n) is 18.4. The number of aryl methyl sites for hydroxylation is 1. The molecular weight excluding hydrogens is 483 g/mol. The van der Waals surface area contributed by atoms with Gasteiger partial charge in [-0.3, -0.25) is 4.72 Å². The van der Waals surface area contributed by atoms with E-state index in [-0.39, 0.29) is 35.7 Å². The second kappa shape index (κ2) is 9.40. The average molecular weight is 506 g/mol. The fourth-order valence-electron chi connectivity index (χ4n) is 3.69. The standard InChI is InChI=1S/C22H23F5N2O4S/c1-3-14-4-5-15(20(30)33-2)12-19(14)34(31,32)28-17-13-16(22(25,26)27)6-7-18(17)29-10-8-21(23,24)9-11-29/h4-7,12-13,28H,3,8-11H2,1-2H3. The maximum Gasteiger partial charge on any atom is 0.416 e. The summed E-state index contributed by atoms with van der Waals surface area (Å²) in [5.41, 5.74) is -1.18. The molecule has 186 valence electrons. The number of carbonyl (C=O) groups excluding carboxylic acids is 1. The Labute approximate surface area is 193 Å². The molecule has 12 heteroatoms. The Morgan fingerprint density at radius 2 is 1.76 bits per heavy atom. The highest BCUT2D eigenvalue weighted by atomic mass is 32.2. The van der Waals surface area contributed by atoms with Crippen LogP contribution in [0.15, 0.2) is 41.3 Å². The minimum atomic E-state index is -4.76. The van der Waals surface area contributed by atoms with Gasteiger partial charge in [0.05, 0.1) is 34.5 Å². The average Bonchev–Trinajstić information content (AvgIpc) is 2.77. The number of piperidine rings is 1. The number of anilines is 2. The number of alkyl halides is 5. The van der Waals surface area contributed by atoms with Gasteiger partial charge in [0.2, 0.25) is 0 Å². The first-order valence-electron chi connectivity index (χ1n) is 10.4. The van der Waals surface area contributed by atoms with Crippen molar-refractivity contribution in [3.8, 4) is 0 Å². The molecule has 1 saturated heterocycles. The highest BCUT2D eigenvalue weighted by Crippen LogP contribution is 2.39. The maximum atomic E-state index is 13.6. The van der Waals surface area contributed by atoms with Gasteiger partial charge >= 0.3 is 12.1 Å². The Hall–Kier alpha value is -2.89. The molecule has 2 aromatic carbocycles. The normalized spacial score (nSPS) is 16.3. The van der Waals surface area contributed by atoms with Gasteiger partial charge in [-0.15, -0.1) is 0 Å². The van der Waals surface area contributed by atoms with E-state index in [4.69, 9.17) is 0 Å². The molecule has 34 heavy (non-hydrogen) atoms. The van der Waals surface area contributed by atoms with Gasteiger partial charge in [0.25, 0.3) is 15.9 Å². The molecule has 3 rings (SSSR count). The smallest absolute Gasteiger partial charge is 0.416 e. The summed E-state index contributed by atoms with van der Waals surface area (Å²) < 4.78 is 101. The van der Waals surface area contributed by atoms with Crippen LogP contribution in [0.1, 0.15) is 41.3 Å². The van der Waals surface area contributed by atoms with Crippen molar-refractivity contribution in [2.45, 2.75) is 43.2 Å². The lowest BCUT2D eigenvalue weighted by Crippen LogP contribution is -2.39. The number of nitrogens with one attached hydrogen (secondary N) is 1. The van der Waals surface area contributed by atoms with Crippen molar-refractivity contribution in [1.29, 1.82) is 0 Å². The number of halogens is 5. The van der Waals surface area contributed by atoms with Crippen molar-refractivity contribution >= 4 is 27.4 Å². The number of rotatable bonds is 6. The van der Waals surface area contributed by atoms with Crippen LogP contribution in [0.3, 0.4) is 0 Å². The molecule has 2 aromatic rings. The van der Waals surface area contributed by atoms with E-state index in [2.05, 4.69) is 9.46 Å². The predicted octanol–water partition coefficient (Wildman–Crippen LogP) is 5.09. The van der Waals surface area contributed by atoms with Gasteiger partial charge in [-0.1, -0.05) is 13.0 Å². The first-order chi connectivity index (χ1) is 15.8. The SMILES string of the molecule is CCc1ccc(C(=O)OC)cc1S(=O)(=O)Nc1cc(C(F)(F)F)ccc1N1CCC(F)(F)CC1. The minimum Gasteiger partial charge on any atom is -0.465 e. The topological polar surface area (TPSA) is 75.7 Å². The fraction of sp³-hybridized carbons (Fsp3) is 0.409. The zero-order chi connectivity index (χ0) is 25.3. The summed E-state index contributed by atoms with van der Waals surface area (Å²) >= 11 is 0. The highest BCUT2D eigenvalue weighted by molar-refractivity contribution is 7.92. The minimum absolute atomic E-state index is 0.0502. The van der Waals surface area contributed by atoms with Crippen LogP contribution in [-0.2, 0) is 27.4 Å². The molecule has 0 bridgehead atoms. The summed E-state index contributed by atoms with van der Waals surface area (Å²) in [5, 5.41) is 0. The van der Waals surface area contributed by atoms with Crippen LogP contribution in [0.5, 0.6) is 0 Å². The lowest BCUT2D eigenvalue weighted by Gasteiger charge is -2.34.